The topological polar surface area (TPSA) is 78.5 Å². The molecule has 6 nitrogen and oxygen atoms in total. The Bertz CT molecular complexity index is 832. The van der Waals surface area contributed by atoms with E-state index < -0.39 is 11.6 Å². The summed E-state index contributed by atoms with van der Waals surface area (Å²) in [5.41, 5.74) is 0.0500. The number of benzene rings is 1. The van der Waals surface area contributed by atoms with Gasteiger partial charge in [-0.15, -0.1) is 0 Å². The van der Waals surface area contributed by atoms with E-state index in [1.165, 1.54) is 19.3 Å². The van der Waals surface area contributed by atoms with Gasteiger partial charge in [-0.1, -0.05) is 30.3 Å². The molecular formula is C24H31N3O3. The van der Waals surface area contributed by atoms with Crippen LogP contribution >= 0.6 is 0 Å². The summed E-state index contributed by atoms with van der Waals surface area (Å²) in [7, 11) is 0. The lowest BCUT2D eigenvalue weighted by molar-refractivity contribution is -0.136. The summed E-state index contributed by atoms with van der Waals surface area (Å²) in [4.78, 5) is 39.5. The highest BCUT2D eigenvalue weighted by atomic mass is 16.2. The molecule has 6 heteroatoms. The van der Waals surface area contributed by atoms with Crippen LogP contribution in [0.25, 0.3) is 0 Å². The van der Waals surface area contributed by atoms with Gasteiger partial charge in [-0.2, -0.15) is 0 Å². The zero-order chi connectivity index (χ0) is 20.9. The number of amides is 4. The fourth-order valence-corrected chi connectivity index (χ4v) is 6.84. The third-order valence-electron chi connectivity index (χ3n) is 7.85. The van der Waals surface area contributed by atoms with Crippen molar-refractivity contribution in [3.8, 4) is 0 Å². The molecule has 160 valence electrons. The zero-order valence-corrected chi connectivity index (χ0v) is 17.7. The predicted octanol–water partition coefficient (Wildman–Crippen LogP) is 3.01. The lowest BCUT2D eigenvalue weighted by atomic mass is 9.53. The number of urea groups is 1. The minimum atomic E-state index is -0.964. The highest BCUT2D eigenvalue weighted by Gasteiger charge is 2.52. The summed E-state index contributed by atoms with van der Waals surface area (Å²) in [6.45, 7) is 1.57. The van der Waals surface area contributed by atoms with Crippen LogP contribution < -0.4 is 10.6 Å². The third-order valence-corrected chi connectivity index (χ3v) is 7.85. The number of nitrogens with zero attached hydrogens (tertiary/aromatic N) is 1. The van der Waals surface area contributed by atoms with Gasteiger partial charge in [0.15, 0.2) is 0 Å². The SMILES string of the molecule is C[C@@]1(CCc2ccccc2)NC(=O)N(CC(=O)NC23CC4CC(CC(C4)C2)C3)C1=O. The Morgan fingerprint density at radius 3 is 2.27 bits per heavy atom. The molecule has 1 heterocycles. The van der Waals surface area contributed by atoms with Crippen molar-refractivity contribution in [2.75, 3.05) is 6.54 Å². The van der Waals surface area contributed by atoms with Crippen molar-refractivity contribution in [2.45, 2.75) is 69.4 Å². The van der Waals surface area contributed by atoms with Crippen LogP contribution in [0.1, 0.15) is 57.4 Å². The first-order valence-electron chi connectivity index (χ1n) is 11.3. The molecule has 0 spiro atoms. The second-order valence-corrected chi connectivity index (χ2v) is 10.4. The van der Waals surface area contributed by atoms with Crippen molar-refractivity contribution >= 4 is 17.8 Å². The van der Waals surface area contributed by atoms with E-state index in [9.17, 15) is 14.4 Å². The van der Waals surface area contributed by atoms with Crippen LogP contribution in [0.3, 0.4) is 0 Å². The summed E-state index contributed by atoms with van der Waals surface area (Å²) in [5, 5.41) is 6.09. The van der Waals surface area contributed by atoms with Gasteiger partial charge in [0.2, 0.25) is 5.91 Å². The standard InChI is InChI=1S/C24H31N3O3/c1-23(8-7-16-5-3-2-4-6-16)21(29)27(22(30)26-23)15-20(28)25-24-12-17-9-18(13-24)11-19(10-17)14-24/h2-6,17-19H,7-15H2,1H3,(H,25,28)(H,26,30)/t17?,18?,19?,23-,24?/m0/s1. The first-order chi connectivity index (χ1) is 14.3. The van der Waals surface area contributed by atoms with E-state index in [0.29, 0.717) is 12.8 Å². The fraction of sp³-hybridized carbons (Fsp3) is 0.625. The summed E-state index contributed by atoms with van der Waals surface area (Å²) in [6, 6.07) is 9.46. The number of nitrogens with one attached hydrogen (secondary N) is 2. The van der Waals surface area contributed by atoms with Crippen molar-refractivity contribution < 1.29 is 14.4 Å². The first-order valence-corrected chi connectivity index (χ1v) is 11.3. The van der Waals surface area contributed by atoms with Crippen molar-refractivity contribution in [3.63, 3.8) is 0 Å². The minimum Gasteiger partial charge on any atom is -0.349 e. The van der Waals surface area contributed by atoms with Gasteiger partial charge in [-0.3, -0.25) is 14.5 Å². The molecule has 6 rings (SSSR count). The average molecular weight is 410 g/mol. The van der Waals surface area contributed by atoms with Crippen LogP contribution in [0.2, 0.25) is 0 Å². The molecule has 0 radical (unpaired) electrons. The zero-order valence-electron chi connectivity index (χ0n) is 17.7. The number of rotatable bonds is 6. The Morgan fingerprint density at radius 2 is 1.67 bits per heavy atom. The van der Waals surface area contributed by atoms with Crippen LogP contribution in [0, 0.1) is 17.8 Å². The molecule has 1 atom stereocenters. The quantitative estimate of drug-likeness (QED) is 0.709. The van der Waals surface area contributed by atoms with Gasteiger partial charge >= 0.3 is 6.03 Å². The van der Waals surface area contributed by atoms with Gasteiger partial charge in [0.25, 0.3) is 5.91 Å². The Hall–Kier alpha value is -2.37. The van der Waals surface area contributed by atoms with Crippen LogP contribution in [-0.2, 0) is 16.0 Å². The number of hydrogen-bond acceptors (Lipinski definition) is 3. The molecule has 1 saturated heterocycles. The monoisotopic (exact) mass is 409 g/mol. The van der Waals surface area contributed by atoms with Crippen LogP contribution in [-0.4, -0.2) is 40.4 Å². The Labute approximate surface area is 177 Å². The minimum absolute atomic E-state index is 0.109. The molecule has 2 N–H and O–H groups in total. The Kier molecular flexibility index (Phi) is 4.64. The number of hydrogen-bond donors (Lipinski definition) is 2. The van der Waals surface area contributed by atoms with Crippen molar-refractivity contribution in [1.29, 1.82) is 0 Å². The molecule has 0 unspecified atom stereocenters. The van der Waals surface area contributed by atoms with E-state index in [4.69, 9.17) is 0 Å². The normalized spacial score (nSPS) is 36.8. The summed E-state index contributed by atoms with van der Waals surface area (Å²) < 4.78 is 0. The lowest BCUT2D eigenvalue weighted by Gasteiger charge is -2.56. The molecule has 4 saturated carbocycles. The highest BCUT2D eigenvalue weighted by molar-refractivity contribution is 6.08. The molecular weight excluding hydrogens is 378 g/mol. The van der Waals surface area contributed by atoms with E-state index in [0.717, 1.165) is 47.5 Å². The highest BCUT2D eigenvalue weighted by Crippen LogP contribution is 2.55. The first kappa shape index (κ1) is 19.6. The molecule has 1 aliphatic heterocycles. The van der Waals surface area contributed by atoms with Crippen molar-refractivity contribution in [3.05, 3.63) is 35.9 Å². The van der Waals surface area contributed by atoms with Crippen LogP contribution in [0.5, 0.6) is 0 Å². The molecule has 1 aromatic rings. The summed E-state index contributed by atoms with van der Waals surface area (Å²) >= 11 is 0. The summed E-state index contributed by atoms with van der Waals surface area (Å²) in [5.74, 6) is 1.69. The van der Waals surface area contributed by atoms with Gasteiger partial charge in [0.05, 0.1) is 0 Å². The average Bonchev–Trinajstić information content (AvgIpc) is 2.89. The van der Waals surface area contributed by atoms with Gasteiger partial charge in [-0.05, 0) is 81.6 Å². The number of carbonyl (C=O) groups excluding carboxylic acids is 3. The number of imide groups is 1. The molecule has 1 aromatic carbocycles. The van der Waals surface area contributed by atoms with Crippen molar-refractivity contribution in [2.24, 2.45) is 17.8 Å². The fourth-order valence-electron chi connectivity index (χ4n) is 6.84. The van der Waals surface area contributed by atoms with Gasteiger partial charge in [-0.25, -0.2) is 4.79 Å². The molecule has 4 amide bonds. The van der Waals surface area contributed by atoms with Crippen molar-refractivity contribution in [1.82, 2.24) is 15.5 Å². The maximum atomic E-state index is 13.0. The van der Waals surface area contributed by atoms with E-state index in [1.54, 1.807) is 6.92 Å². The summed E-state index contributed by atoms with van der Waals surface area (Å²) in [6.07, 6.45) is 8.29. The maximum Gasteiger partial charge on any atom is 0.325 e. The molecule has 5 aliphatic rings. The Morgan fingerprint density at radius 1 is 1.07 bits per heavy atom. The second kappa shape index (κ2) is 7.10. The molecule has 4 aliphatic carbocycles. The number of carbonyl (C=O) groups is 3. The van der Waals surface area contributed by atoms with E-state index in [2.05, 4.69) is 10.6 Å². The van der Waals surface area contributed by atoms with Crippen LogP contribution in [0.4, 0.5) is 4.79 Å². The molecule has 30 heavy (non-hydrogen) atoms. The molecule has 0 aromatic heterocycles. The third kappa shape index (κ3) is 3.50. The van der Waals surface area contributed by atoms with E-state index in [-0.39, 0.29) is 23.9 Å². The smallest absolute Gasteiger partial charge is 0.325 e. The van der Waals surface area contributed by atoms with Gasteiger partial charge in [0.1, 0.15) is 12.1 Å². The van der Waals surface area contributed by atoms with Crippen LogP contribution in [0.15, 0.2) is 30.3 Å². The largest absolute Gasteiger partial charge is 0.349 e. The lowest BCUT2D eigenvalue weighted by Crippen LogP contribution is -2.61. The number of aryl methyl sites for hydroxylation is 1. The molecule has 4 bridgehead atoms. The maximum absolute atomic E-state index is 13.0. The van der Waals surface area contributed by atoms with Gasteiger partial charge < -0.3 is 10.6 Å². The van der Waals surface area contributed by atoms with E-state index in [1.807, 2.05) is 30.3 Å². The van der Waals surface area contributed by atoms with Gasteiger partial charge in [0, 0.05) is 5.54 Å². The second-order valence-electron chi connectivity index (χ2n) is 10.4. The Balaban J connectivity index is 1.21. The predicted molar refractivity (Wildman–Crippen MR) is 112 cm³/mol. The van der Waals surface area contributed by atoms with E-state index >= 15 is 0 Å². The molecule has 5 fully saturated rings.